The van der Waals surface area contributed by atoms with Gasteiger partial charge in [-0.05, 0) is 45.0 Å². The Bertz CT molecular complexity index is 1070. The molecule has 0 unspecified atom stereocenters. The largest absolute Gasteiger partial charge is 0.378 e. The highest BCUT2D eigenvalue weighted by atomic mass is 32.1. The lowest BCUT2D eigenvalue weighted by Crippen LogP contribution is -2.27. The third-order valence-corrected chi connectivity index (χ3v) is 5.33. The summed E-state index contributed by atoms with van der Waals surface area (Å²) in [7, 11) is 4.11. The van der Waals surface area contributed by atoms with E-state index in [1.165, 1.54) is 15.9 Å². The normalized spacial score (nSPS) is 12.0. The van der Waals surface area contributed by atoms with Crippen LogP contribution >= 0.6 is 11.3 Å². The first-order valence-electron chi connectivity index (χ1n) is 8.79. The number of nitrogens with zero attached hydrogens (tertiary/aromatic N) is 3. The standard InChI is InChI=1S/C21H24N4S/c1-21(2,3)23-19-18(14-10-12-15(13-11-14)24(4)5)22-20-25(19)16-8-6-7-9-17(16)26-20/h6-13,23H,1-5H3. The van der Waals surface area contributed by atoms with Crippen LogP contribution in [0.3, 0.4) is 0 Å². The molecule has 0 aliphatic heterocycles. The molecule has 2 aromatic heterocycles. The van der Waals surface area contributed by atoms with E-state index in [4.69, 9.17) is 4.98 Å². The monoisotopic (exact) mass is 364 g/mol. The molecular formula is C21H24N4S. The number of anilines is 2. The quantitative estimate of drug-likeness (QED) is 0.521. The van der Waals surface area contributed by atoms with E-state index >= 15 is 0 Å². The first-order chi connectivity index (χ1) is 12.3. The summed E-state index contributed by atoms with van der Waals surface area (Å²) in [6.07, 6.45) is 0. The second kappa shape index (κ2) is 6.02. The molecule has 0 atom stereocenters. The molecule has 5 heteroatoms. The first kappa shape index (κ1) is 16.9. The van der Waals surface area contributed by atoms with E-state index in [2.05, 4.69) is 98.0 Å². The van der Waals surface area contributed by atoms with Crippen molar-refractivity contribution in [3.8, 4) is 11.3 Å². The summed E-state index contributed by atoms with van der Waals surface area (Å²) in [6.45, 7) is 6.54. The summed E-state index contributed by atoms with van der Waals surface area (Å²) in [5, 5.41) is 3.68. The van der Waals surface area contributed by atoms with Gasteiger partial charge in [0.2, 0.25) is 0 Å². The summed E-state index contributed by atoms with van der Waals surface area (Å²) in [6, 6.07) is 17.1. The van der Waals surface area contributed by atoms with Crippen molar-refractivity contribution < 1.29 is 0 Å². The minimum absolute atomic E-state index is 0.0582. The highest BCUT2D eigenvalue weighted by molar-refractivity contribution is 7.23. The SMILES string of the molecule is CN(C)c1ccc(-c2nc3sc4ccccc4n3c2NC(C)(C)C)cc1. The second-order valence-electron chi connectivity index (χ2n) is 7.81. The lowest BCUT2D eigenvalue weighted by atomic mass is 10.1. The van der Waals surface area contributed by atoms with Crippen LogP contribution in [0.15, 0.2) is 48.5 Å². The maximum atomic E-state index is 4.98. The van der Waals surface area contributed by atoms with Gasteiger partial charge in [-0.1, -0.05) is 35.6 Å². The van der Waals surface area contributed by atoms with Crippen LogP contribution in [0.5, 0.6) is 0 Å². The maximum Gasteiger partial charge on any atom is 0.197 e. The molecule has 4 nitrogen and oxygen atoms in total. The van der Waals surface area contributed by atoms with Crippen LogP contribution in [0, 0.1) is 0 Å². The number of hydrogen-bond donors (Lipinski definition) is 1. The average Bonchev–Trinajstić information content (AvgIpc) is 3.10. The van der Waals surface area contributed by atoms with Crippen molar-refractivity contribution in [2.24, 2.45) is 0 Å². The number of hydrogen-bond acceptors (Lipinski definition) is 4. The van der Waals surface area contributed by atoms with Gasteiger partial charge >= 0.3 is 0 Å². The summed E-state index contributed by atoms with van der Waals surface area (Å²) < 4.78 is 3.50. The summed E-state index contributed by atoms with van der Waals surface area (Å²) in [5.41, 5.74) is 4.45. The number of imidazole rings is 1. The van der Waals surface area contributed by atoms with Crippen molar-refractivity contribution in [2.75, 3.05) is 24.3 Å². The molecule has 2 aromatic carbocycles. The molecule has 0 aliphatic carbocycles. The lowest BCUT2D eigenvalue weighted by Gasteiger charge is -2.22. The number of rotatable bonds is 3. The van der Waals surface area contributed by atoms with Gasteiger partial charge in [-0.3, -0.25) is 4.40 Å². The molecular weight excluding hydrogens is 340 g/mol. The van der Waals surface area contributed by atoms with Gasteiger partial charge in [0.1, 0.15) is 11.5 Å². The Morgan fingerprint density at radius 3 is 2.35 bits per heavy atom. The van der Waals surface area contributed by atoms with Gasteiger partial charge in [-0.2, -0.15) is 0 Å². The highest BCUT2D eigenvalue weighted by Crippen LogP contribution is 2.37. The molecule has 0 aliphatic rings. The van der Waals surface area contributed by atoms with Crippen molar-refractivity contribution in [1.82, 2.24) is 9.38 Å². The number of aromatic nitrogens is 2. The third kappa shape index (κ3) is 2.92. The Hall–Kier alpha value is -2.53. The minimum atomic E-state index is -0.0582. The molecule has 0 radical (unpaired) electrons. The molecule has 2 heterocycles. The van der Waals surface area contributed by atoms with E-state index in [-0.39, 0.29) is 5.54 Å². The zero-order valence-corrected chi connectivity index (χ0v) is 16.7. The Morgan fingerprint density at radius 2 is 1.69 bits per heavy atom. The zero-order valence-electron chi connectivity index (χ0n) is 15.9. The number of benzene rings is 2. The topological polar surface area (TPSA) is 32.6 Å². The van der Waals surface area contributed by atoms with Gasteiger partial charge in [0.25, 0.3) is 0 Å². The van der Waals surface area contributed by atoms with Gasteiger partial charge in [-0.15, -0.1) is 0 Å². The van der Waals surface area contributed by atoms with E-state index in [1.54, 1.807) is 11.3 Å². The smallest absolute Gasteiger partial charge is 0.197 e. The summed E-state index contributed by atoms with van der Waals surface area (Å²) >= 11 is 1.73. The van der Waals surface area contributed by atoms with Crippen molar-refractivity contribution in [3.63, 3.8) is 0 Å². The predicted octanol–water partition coefficient (Wildman–Crippen LogP) is 5.49. The Kier molecular flexibility index (Phi) is 3.92. The van der Waals surface area contributed by atoms with Gasteiger partial charge in [0.15, 0.2) is 4.96 Å². The third-order valence-electron chi connectivity index (χ3n) is 4.30. The van der Waals surface area contributed by atoms with Crippen LogP contribution in [0.4, 0.5) is 11.5 Å². The van der Waals surface area contributed by atoms with E-state index in [0.717, 1.165) is 22.0 Å². The molecule has 0 fully saturated rings. The van der Waals surface area contributed by atoms with Gasteiger partial charge in [0.05, 0.1) is 10.2 Å². The number of nitrogens with one attached hydrogen (secondary N) is 1. The Balaban J connectivity index is 1.94. The molecule has 0 saturated heterocycles. The van der Waals surface area contributed by atoms with Gasteiger partial charge in [-0.25, -0.2) is 4.98 Å². The van der Waals surface area contributed by atoms with Gasteiger partial charge < -0.3 is 10.2 Å². The first-order valence-corrected chi connectivity index (χ1v) is 9.61. The van der Waals surface area contributed by atoms with E-state index in [9.17, 15) is 0 Å². The summed E-state index contributed by atoms with van der Waals surface area (Å²) in [5.74, 6) is 1.06. The van der Waals surface area contributed by atoms with Crippen LogP contribution in [-0.2, 0) is 0 Å². The summed E-state index contributed by atoms with van der Waals surface area (Å²) in [4.78, 5) is 8.11. The highest BCUT2D eigenvalue weighted by Gasteiger charge is 2.22. The zero-order chi connectivity index (χ0) is 18.5. The number of thiazole rings is 1. The fourth-order valence-corrected chi connectivity index (χ4v) is 4.13. The van der Waals surface area contributed by atoms with Crippen molar-refractivity contribution >= 4 is 38.0 Å². The maximum absolute atomic E-state index is 4.98. The van der Waals surface area contributed by atoms with Gasteiger partial charge in [0, 0.05) is 30.9 Å². The van der Waals surface area contributed by atoms with E-state index in [1.807, 2.05) is 0 Å². The molecule has 134 valence electrons. The fraction of sp³-hybridized carbons (Fsp3) is 0.286. The van der Waals surface area contributed by atoms with E-state index < -0.39 is 0 Å². The van der Waals surface area contributed by atoms with Crippen LogP contribution in [-0.4, -0.2) is 29.0 Å². The molecule has 0 amide bonds. The fourth-order valence-electron chi connectivity index (χ4n) is 3.11. The Morgan fingerprint density at radius 1 is 1.00 bits per heavy atom. The average molecular weight is 365 g/mol. The molecule has 0 saturated carbocycles. The lowest BCUT2D eigenvalue weighted by molar-refractivity contribution is 0.630. The van der Waals surface area contributed by atoms with Crippen LogP contribution in [0.25, 0.3) is 26.4 Å². The molecule has 4 rings (SSSR count). The van der Waals surface area contributed by atoms with Crippen LogP contribution in [0.1, 0.15) is 20.8 Å². The second-order valence-corrected chi connectivity index (χ2v) is 8.82. The molecule has 26 heavy (non-hydrogen) atoms. The Labute approximate surface area is 158 Å². The van der Waals surface area contributed by atoms with Crippen molar-refractivity contribution in [3.05, 3.63) is 48.5 Å². The van der Waals surface area contributed by atoms with Crippen LogP contribution in [0.2, 0.25) is 0 Å². The van der Waals surface area contributed by atoms with Crippen molar-refractivity contribution in [2.45, 2.75) is 26.3 Å². The predicted molar refractivity (Wildman–Crippen MR) is 114 cm³/mol. The molecule has 1 N–H and O–H groups in total. The van der Waals surface area contributed by atoms with E-state index in [0.29, 0.717) is 0 Å². The molecule has 0 bridgehead atoms. The van der Waals surface area contributed by atoms with Crippen LogP contribution < -0.4 is 10.2 Å². The molecule has 4 aromatic rings. The van der Waals surface area contributed by atoms with Crippen molar-refractivity contribution in [1.29, 1.82) is 0 Å². The number of para-hydroxylation sites is 1. The minimum Gasteiger partial charge on any atom is -0.378 e. The number of fused-ring (bicyclic) bond motifs is 3. The molecule has 0 spiro atoms.